The van der Waals surface area contributed by atoms with Crippen molar-refractivity contribution in [3.05, 3.63) is 36.2 Å². The Labute approximate surface area is 81.4 Å². The Bertz CT molecular complexity index is 534. The minimum atomic E-state index is 0.734. The van der Waals surface area contributed by atoms with Gasteiger partial charge in [0.25, 0.3) is 0 Å². The van der Waals surface area contributed by atoms with Gasteiger partial charge in [-0.05, 0) is 18.2 Å². The number of fused-ring (bicyclic) bond motifs is 3. The van der Waals surface area contributed by atoms with Gasteiger partial charge in [0.05, 0.1) is 23.8 Å². The third kappa shape index (κ3) is 0.988. The van der Waals surface area contributed by atoms with Crippen LogP contribution in [-0.2, 0) is 0 Å². The van der Waals surface area contributed by atoms with E-state index < -0.39 is 0 Å². The molecule has 0 saturated heterocycles. The van der Waals surface area contributed by atoms with Gasteiger partial charge in [-0.25, -0.2) is 4.98 Å². The molecule has 3 rings (SSSR count). The average molecular weight is 183 g/mol. The lowest BCUT2D eigenvalue weighted by Crippen LogP contribution is -1.92. The minimum absolute atomic E-state index is 0.734. The van der Waals surface area contributed by atoms with Crippen molar-refractivity contribution in [2.24, 2.45) is 4.99 Å². The van der Waals surface area contributed by atoms with E-state index in [9.17, 15) is 0 Å². The molecule has 0 radical (unpaired) electrons. The Hall–Kier alpha value is -1.90. The second kappa shape index (κ2) is 2.80. The Morgan fingerprint density at radius 1 is 1.21 bits per heavy atom. The van der Waals surface area contributed by atoms with Gasteiger partial charge in [0.15, 0.2) is 5.82 Å². The lowest BCUT2D eigenvalue weighted by atomic mass is 10.3. The fraction of sp³-hybridized carbons (Fsp3) is 0.0909. The van der Waals surface area contributed by atoms with Gasteiger partial charge in [0, 0.05) is 6.20 Å². The third-order valence-electron chi connectivity index (χ3n) is 2.30. The van der Waals surface area contributed by atoms with E-state index in [-0.39, 0.29) is 0 Å². The number of aliphatic imine (C=N–C) groups is 1. The summed E-state index contributed by atoms with van der Waals surface area (Å²) < 4.78 is 2.06. The maximum atomic E-state index is 4.48. The summed E-state index contributed by atoms with van der Waals surface area (Å²) >= 11 is 0. The molecule has 3 nitrogen and oxygen atoms in total. The first-order chi connectivity index (χ1) is 6.95. The number of hydrogen-bond donors (Lipinski definition) is 0. The number of hydrogen-bond acceptors (Lipinski definition) is 2. The van der Waals surface area contributed by atoms with E-state index in [0.717, 1.165) is 23.4 Å². The van der Waals surface area contributed by atoms with Crippen molar-refractivity contribution >= 4 is 23.4 Å². The molecule has 2 aromatic rings. The molecule has 0 spiro atoms. The predicted octanol–water partition coefficient (Wildman–Crippen LogP) is 1.94. The zero-order valence-corrected chi connectivity index (χ0v) is 7.59. The summed E-state index contributed by atoms with van der Waals surface area (Å²) in [6, 6.07) is 8.09. The van der Waals surface area contributed by atoms with Gasteiger partial charge in [0.2, 0.25) is 0 Å². The third-order valence-corrected chi connectivity index (χ3v) is 2.30. The van der Waals surface area contributed by atoms with Crippen LogP contribution in [0.25, 0.3) is 17.2 Å². The average Bonchev–Trinajstić information content (AvgIpc) is 2.42. The zero-order valence-electron chi connectivity index (χ0n) is 7.59. The SMILES string of the molecule is C1=Cn2c(nc3ccccc32)C=NC1. The molecule has 0 amide bonds. The summed E-state index contributed by atoms with van der Waals surface area (Å²) in [5.41, 5.74) is 2.15. The maximum absolute atomic E-state index is 4.48. The molecule has 1 aromatic heterocycles. The van der Waals surface area contributed by atoms with Gasteiger partial charge in [-0.15, -0.1) is 0 Å². The molecule has 0 saturated carbocycles. The Morgan fingerprint density at radius 3 is 3.14 bits per heavy atom. The number of imidazole rings is 1. The van der Waals surface area contributed by atoms with E-state index in [1.807, 2.05) is 36.7 Å². The molecule has 2 heterocycles. The zero-order chi connectivity index (χ0) is 9.38. The van der Waals surface area contributed by atoms with Crippen LogP contribution in [0.4, 0.5) is 0 Å². The first-order valence-corrected chi connectivity index (χ1v) is 4.58. The van der Waals surface area contributed by atoms with Crippen LogP contribution in [0.1, 0.15) is 5.82 Å². The van der Waals surface area contributed by atoms with Crippen LogP contribution >= 0.6 is 0 Å². The van der Waals surface area contributed by atoms with Crippen molar-refractivity contribution in [3.8, 4) is 0 Å². The van der Waals surface area contributed by atoms with E-state index in [4.69, 9.17) is 0 Å². The van der Waals surface area contributed by atoms with Crippen molar-refractivity contribution in [1.29, 1.82) is 0 Å². The van der Waals surface area contributed by atoms with Gasteiger partial charge >= 0.3 is 0 Å². The molecule has 0 aliphatic carbocycles. The van der Waals surface area contributed by atoms with Crippen molar-refractivity contribution in [2.75, 3.05) is 6.54 Å². The lowest BCUT2D eigenvalue weighted by Gasteiger charge is -1.95. The lowest BCUT2D eigenvalue weighted by molar-refractivity contribution is 1.15. The molecular formula is C11H9N3. The molecule has 0 atom stereocenters. The summed E-state index contributed by atoms with van der Waals surface area (Å²) in [6.45, 7) is 0.734. The van der Waals surface area contributed by atoms with Crippen LogP contribution in [0.2, 0.25) is 0 Å². The normalized spacial score (nSPS) is 14.3. The van der Waals surface area contributed by atoms with E-state index in [2.05, 4.69) is 20.6 Å². The number of nitrogens with zero attached hydrogens (tertiary/aromatic N) is 3. The van der Waals surface area contributed by atoms with Crippen LogP contribution in [0.5, 0.6) is 0 Å². The van der Waals surface area contributed by atoms with Crippen molar-refractivity contribution < 1.29 is 0 Å². The standard InChI is InChI=1S/C11H9N3/c1-2-5-10-9(4-1)13-11-8-12-6-3-7-14(10)11/h1-5,7-8H,6H2. The molecule has 0 bridgehead atoms. The highest BCUT2D eigenvalue weighted by molar-refractivity contribution is 5.87. The van der Waals surface area contributed by atoms with Crippen molar-refractivity contribution in [2.45, 2.75) is 0 Å². The monoisotopic (exact) mass is 183 g/mol. The molecule has 0 fully saturated rings. The highest BCUT2D eigenvalue weighted by atomic mass is 15.1. The topological polar surface area (TPSA) is 30.2 Å². The van der Waals surface area contributed by atoms with Gasteiger partial charge in [-0.3, -0.25) is 9.56 Å². The quantitative estimate of drug-likeness (QED) is 0.613. The van der Waals surface area contributed by atoms with Crippen molar-refractivity contribution in [1.82, 2.24) is 9.55 Å². The Kier molecular flexibility index (Phi) is 1.50. The van der Waals surface area contributed by atoms with Crippen molar-refractivity contribution in [3.63, 3.8) is 0 Å². The second-order valence-electron chi connectivity index (χ2n) is 3.21. The first-order valence-electron chi connectivity index (χ1n) is 4.58. The second-order valence-corrected chi connectivity index (χ2v) is 3.21. The van der Waals surface area contributed by atoms with Gasteiger partial charge in [-0.1, -0.05) is 12.1 Å². The largest absolute Gasteiger partial charge is 0.299 e. The summed E-state index contributed by atoms with van der Waals surface area (Å²) in [4.78, 5) is 8.69. The highest BCUT2D eigenvalue weighted by Crippen LogP contribution is 2.16. The smallest absolute Gasteiger partial charge is 0.155 e. The number of benzene rings is 1. The predicted molar refractivity (Wildman–Crippen MR) is 57.5 cm³/mol. The molecule has 1 aliphatic heterocycles. The number of para-hydroxylation sites is 2. The van der Waals surface area contributed by atoms with Crippen LogP contribution in [0.15, 0.2) is 35.3 Å². The van der Waals surface area contributed by atoms with Crippen LogP contribution in [0, 0.1) is 0 Å². The number of aromatic nitrogens is 2. The van der Waals surface area contributed by atoms with Gasteiger partial charge in [0.1, 0.15) is 0 Å². The molecule has 0 unspecified atom stereocenters. The summed E-state index contributed by atoms with van der Waals surface area (Å²) in [5, 5.41) is 0. The Morgan fingerprint density at radius 2 is 2.14 bits per heavy atom. The van der Waals surface area contributed by atoms with E-state index in [1.54, 1.807) is 0 Å². The molecule has 0 N–H and O–H groups in total. The summed E-state index contributed by atoms with van der Waals surface area (Å²) in [6.07, 6.45) is 5.87. The molecular weight excluding hydrogens is 174 g/mol. The maximum Gasteiger partial charge on any atom is 0.155 e. The van der Waals surface area contributed by atoms with Gasteiger partial charge in [-0.2, -0.15) is 0 Å². The van der Waals surface area contributed by atoms with Crippen LogP contribution < -0.4 is 0 Å². The minimum Gasteiger partial charge on any atom is -0.299 e. The fourth-order valence-corrected chi connectivity index (χ4v) is 1.66. The first kappa shape index (κ1) is 7.50. The fourth-order valence-electron chi connectivity index (χ4n) is 1.66. The summed E-state index contributed by atoms with van der Waals surface area (Å²) in [5.74, 6) is 0.903. The van der Waals surface area contributed by atoms with E-state index in [1.165, 1.54) is 0 Å². The van der Waals surface area contributed by atoms with Crippen LogP contribution in [-0.4, -0.2) is 22.3 Å². The molecule has 14 heavy (non-hydrogen) atoms. The molecule has 68 valence electrons. The number of rotatable bonds is 0. The van der Waals surface area contributed by atoms with E-state index >= 15 is 0 Å². The molecule has 3 heteroatoms. The summed E-state index contributed by atoms with van der Waals surface area (Å²) in [7, 11) is 0. The Balaban J connectivity index is 2.41. The van der Waals surface area contributed by atoms with E-state index in [0.29, 0.717) is 0 Å². The molecule has 1 aliphatic rings. The van der Waals surface area contributed by atoms with Crippen LogP contribution in [0.3, 0.4) is 0 Å². The van der Waals surface area contributed by atoms with Gasteiger partial charge < -0.3 is 0 Å². The highest BCUT2D eigenvalue weighted by Gasteiger charge is 2.06. The molecule has 1 aromatic carbocycles.